The van der Waals surface area contributed by atoms with Crippen LogP contribution in [-0.2, 0) is 7.05 Å². The van der Waals surface area contributed by atoms with E-state index in [-0.39, 0.29) is 11.9 Å². The van der Waals surface area contributed by atoms with Crippen LogP contribution in [0.2, 0.25) is 5.02 Å². The number of rotatable bonds is 4. The molecular weight excluding hydrogens is 300 g/mol. The normalized spacial score (nSPS) is 12.1. The van der Waals surface area contributed by atoms with E-state index in [1.807, 2.05) is 48.1 Å². The Bertz CT molecular complexity index is 778. The summed E-state index contributed by atoms with van der Waals surface area (Å²) in [5.74, 6) is 0.529. The first-order valence-electron chi connectivity index (χ1n) is 6.82. The van der Waals surface area contributed by atoms with E-state index in [0.717, 1.165) is 11.4 Å². The molecule has 0 fully saturated rings. The number of nitrogens with one attached hydrogen (secondary N) is 2. The molecule has 0 bridgehead atoms. The molecule has 3 aromatic rings. The lowest BCUT2D eigenvalue weighted by molar-refractivity contribution is 0.0936. The Kier molecular flexibility index (Phi) is 3.98. The molecule has 1 atom stereocenters. The van der Waals surface area contributed by atoms with Crippen LogP contribution in [-0.4, -0.2) is 20.4 Å². The van der Waals surface area contributed by atoms with Crippen LogP contribution in [0.15, 0.2) is 55.0 Å². The van der Waals surface area contributed by atoms with Gasteiger partial charge in [-0.3, -0.25) is 4.79 Å². The van der Waals surface area contributed by atoms with Crippen LogP contribution >= 0.6 is 11.6 Å². The fourth-order valence-corrected chi connectivity index (χ4v) is 2.47. The summed E-state index contributed by atoms with van der Waals surface area (Å²) in [7, 11) is 1.90. The van der Waals surface area contributed by atoms with Gasteiger partial charge in [0.1, 0.15) is 17.6 Å². The number of aromatic amines is 1. The number of nitrogens with zero attached hydrogens (tertiary/aromatic N) is 2. The minimum atomic E-state index is -0.337. The quantitative estimate of drug-likeness (QED) is 0.777. The summed E-state index contributed by atoms with van der Waals surface area (Å²) < 4.78 is 1.89. The van der Waals surface area contributed by atoms with E-state index in [1.54, 1.807) is 18.5 Å². The molecule has 2 heterocycles. The van der Waals surface area contributed by atoms with Gasteiger partial charge in [-0.05, 0) is 11.6 Å². The molecule has 6 heteroatoms. The average molecular weight is 315 g/mol. The Morgan fingerprint density at radius 2 is 2.14 bits per heavy atom. The highest BCUT2D eigenvalue weighted by Crippen LogP contribution is 2.21. The molecule has 5 nitrogen and oxygen atoms in total. The van der Waals surface area contributed by atoms with E-state index < -0.39 is 0 Å². The lowest BCUT2D eigenvalue weighted by Gasteiger charge is -2.18. The second kappa shape index (κ2) is 6.07. The highest BCUT2D eigenvalue weighted by Gasteiger charge is 2.21. The van der Waals surface area contributed by atoms with Crippen LogP contribution in [0.1, 0.15) is 27.9 Å². The number of hydrogen-bond acceptors (Lipinski definition) is 2. The van der Waals surface area contributed by atoms with Gasteiger partial charge in [0, 0.05) is 25.6 Å². The maximum absolute atomic E-state index is 12.4. The molecule has 1 amide bonds. The monoisotopic (exact) mass is 314 g/mol. The third-order valence-electron chi connectivity index (χ3n) is 3.42. The van der Waals surface area contributed by atoms with Gasteiger partial charge in [-0.2, -0.15) is 0 Å². The topological polar surface area (TPSA) is 62.7 Å². The zero-order valence-electron chi connectivity index (χ0n) is 12.0. The highest BCUT2D eigenvalue weighted by molar-refractivity contribution is 6.30. The molecule has 3 rings (SSSR count). The number of aryl methyl sites for hydroxylation is 1. The van der Waals surface area contributed by atoms with Crippen molar-refractivity contribution in [2.24, 2.45) is 7.05 Å². The predicted molar refractivity (Wildman–Crippen MR) is 84.8 cm³/mol. The summed E-state index contributed by atoms with van der Waals surface area (Å²) in [6.07, 6.45) is 5.14. The fourth-order valence-electron chi connectivity index (χ4n) is 2.31. The number of imidazole rings is 1. The molecule has 0 aliphatic rings. The van der Waals surface area contributed by atoms with Crippen molar-refractivity contribution in [3.8, 4) is 0 Å². The molecule has 0 saturated heterocycles. The van der Waals surface area contributed by atoms with E-state index in [2.05, 4.69) is 15.3 Å². The minimum Gasteiger partial charge on any atom is -0.356 e. The molecular formula is C16H15ClN4O. The van der Waals surface area contributed by atoms with Gasteiger partial charge in [-0.15, -0.1) is 0 Å². The van der Waals surface area contributed by atoms with Gasteiger partial charge in [-0.25, -0.2) is 4.98 Å². The van der Waals surface area contributed by atoms with Gasteiger partial charge in [0.2, 0.25) is 0 Å². The van der Waals surface area contributed by atoms with Crippen LogP contribution in [0.25, 0.3) is 0 Å². The third-order valence-corrected chi connectivity index (χ3v) is 3.64. The summed E-state index contributed by atoms with van der Waals surface area (Å²) in [6.45, 7) is 0. The maximum atomic E-state index is 12.4. The summed E-state index contributed by atoms with van der Waals surface area (Å²) >= 11 is 5.86. The summed E-state index contributed by atoms with van der Waals surface area (Å²) in [4.78, 5) is 19.6. The number of carbonyl (C=O) groups is 1. The van der Waals surface area contributed by atoms with E-state index >= 15 is 0 Å². The first-order valence-corrected chi connectivity index (χ1v) is 7.20. The smallest absolute Gasteiger partial charge is 0.268 e. The molecule has 2 aromatic heterocycles. The Balaban J connectivity index is 1.93. The number of H-pyrrole nitrogens is 1. The number of aromatic nitrogens is 3. The molecule has 0 saturated carbocycles. The van der Waals surface area contributed by atoms with E-state index in [1.165, 1.54) is 0 Å². The molecule has 112 valence electrons. The second-order valence-electron chi connectivity index (χ2n) is 4.95. The summed E-state index contributed by atoms with van der Waals surface area (Å²) in [5.41, 5.74) is 1.38. The number of halogens is 1. The van der Waals surface area contributed by atoms with Crippen LogP contribution in [0.4, 0.5) is 0 Å². The zero-order valence-corrected chi connectivity index (χ0v) is 12.7. The standard InChI is InChI=1S/C16H15ClN4O/c1-21-8-7-18-15(21)14(11-5-3-2-4-6-11)20-16(22)13-9-12(17)10-19-13/h2-10,14,19H,1H3,(H,20,22)/t14-/m0/s1. The summed E-state index contributed by atoms with van der Waals surface area (Å²) in [5, 5.41) is 3.49. The molecule has 0 radical (unpaired) electrons. The maximum Gasteiger partial charge on any atom is 0.268 e. The Labute approximate surface area is 133 Å². The first kappa shape index (κ1) is 14.4. The number of carbonyl (C=O) groups excluding carboxylic acids is 1. The van der Waals surface area contributed by atoms with Crippen molar-refractivity contribution >= 4 is 17.5 Å². The predicted octanol–water partition coefficient (Wildman–Crippen LogP) is 2.92. The SMILES string of the molecule is Cn1ccnc1[C@@H](NC(=O)c1cc(Cl)c[nH]1)c1ccccc1. The van der Waals surface area contributed by atoms with Gasteiger partial charge in [0.05, 0.1) is 5.02 Å². The molecule has 0 aliphatic heterocycles. The Hall–Kier alpha value is -2.53. The molecule has 22 heavy (non-hydrogen) atoms. The van der Waals surface area contributed by atoms with Gasteiger partial charge in [0.25, 0.3) is 5.91 Å². The van der Waals surface area contributed by atoms with Gasteiger partial charge < -0.3 is 14.9 Å². The van der Waals surface area contributed by atoms with Crippen molar-refractivity contribution in [1.29, 1.82) is 0 Å². The van der Waals surface area contributed by atoms with E-state index in [0.29, 0.717) is 10.7 Å². The largest absolute Gasteiger partial charge is 0.356 e. The second-order valence-corrected chi connectivity index (χ2v) is 5.38. The lowest BCUT2D eigenvalue weighted by atomic mass is 10.1. The Morgan fingerprint density at radius 1 is 1.36 bits per heavy atom. The molecule has 0 aliphatic carbocycles. The van der Waals surface area contributed by atoms with E-state index in [9.17, 15) is 4.79 Å². The summed E-state index contributed by atoms with van der Waals surface area (Å²) in [6, 6.07) is 11.0. The number of benzene rings is 1. The van der Waals surface area contributed by atoms with Crippen molar-refractivity contribution in [1.82, 2.24) is 19.9 Å². The van der Waals surface area contributed by atoms with Crippen molar-refractivity contribution in [3.05, 3.63) is 77.1 Å². The average Bonchev–Trinajstić information content (AvgIpc) is 3.14. The van der Waals surface area contributed by atoms with Gasteiger partial charge in [-0.1, -0.05) is 41.9 Å². The van der Waals surface area contributed by atoms with Crippen LogP contribution < -0.4 is 5.32 Å². The van der Waals surface area contributed by atoms with Gasteiger partial charge >= 0.3 is 0 Å². The minimum absolute atomic E-state index is 0.233. The number of amides is 1. The van der Waals surface area contributed by atoms with Crippen molar-refractivity contribution in [2.45, 2.75) is 6.04 Å². The fraction of sp³-hybridized carbons (Fsp3) is 0.125. The number of hydrogen-bond donors (Lipinski definition) is 2. The van der Waals surface area contributed by atoms with Crippen molar-refractivity contribution in [3.63, 3.8) is 0 Å². The van der Waals surface area contributed by atoms with Crippen LogP contribution in [0.3, 0.4) is 0 Å². The van der Waals surface area contributed by atoms with Crippen molar-refractivity contribution in [2.75, 3.05) is 0 Å². The molecule has 0 unspecified atom stereocenters. The first-order chi connectivity index (χ1) is 10.6. The lowest BCUT2D eigenvalue weighted by Crippen LogP contribution is -2.31. The van der Waals surface area contributed by atoms with E-state index in [4.69, 9.17) is 11.6 Å². The Morgan fingerprint density at radius 3 is 2.73 bits per heavy atom. The molecule has 2 N–H and O–H groups in total. The molecule has 0 spiro atoms. The van der Waals surface area contributed by atoms with Crippen LogP contribution in [0, 0.1) is 0 Å². The highest BCUT2D eigenvalue weighted by atomic mass is 35.5. The molecule has 1 aromatic carbocycles. The van der Waals surface area contributed by atoms with Crippen molar-refractivity contribution < 1.29 is 4.79 Å². The zero-order chi connectivity index (χ0) is 15.5. The van der Waals surface area contributed by atoms with Crippen LogP contribution in [0.5, 0.6) is 0 Å². The third kappa shape index (κ3) is 2.89. The van der Waals surface area contributed by atoms with Gasteiger partial charge in [0.15, 0.2) is 0 Å².